The second-order valence-corrected chi connectivity index (χ2v) is 8.23. The van der Waals surface area contributed by atoms with E-state index in [-0.39, 0.29) is 12.5 Å². The molecule has 1 aliphatic rings. The second-order valence-electron chi connectivity index (χ2n) is 6.95. The number of hydrogen-bond donors (Lipinski definition) is 1. The van der Waals surface area contributed by atoms with Gasteiger partial charge in [-0.25, -0.2) is 0 Å². The number of hydrogen-bond acceptors (Lipinski definition) is 6. The summed E-state index contributed by atoms with van der Waals surface area (Å²) in [6.45, 7) is 5.57. The van der Waals surface area contributed by atoms with Crippen LogP contribution in [-0.2, 0) is 6.42 Å². The van der Waals surface area contributed by atoms with Gasteiger partial charge >= 0.3 is 0 Å². The number of nitrogens with zero attached hydrogens (tertiary/aromatic N) is 3. The predicted molar refractivity (Wildman–Crippen MR) is 109 cm³/mol. The number of thiophene rings is 1. The van der Waals surface area contributed by atoms with Crippen LogP contribution in [0.4, 0.5) is 0 Å². The number of aliphatic hydroxyl groups excluding tert-OH is 1. The molecular formula is C21H25N3O3S. The largest absolute Gasteiger partial charge is 0.491 e. The zero-order chi connectivity index (χ0) is 19.9. The summed E-state index contributed by atoms with van der Waals surface area (Å²) in [5, 5.41) is 19.0. The lowest BCUT2D eigenvalue weighted by molar-refractivity contribution is 0.0406. The van der Waals surface area contributed by atoms with Crippen molar-refractivity contribution in [1.82, 2.24) is 9.80 Å². The van der Waals surface area contributed by atoms with Crippen molar-refractivity contribution in [3.8, 4) is 11.8 Å². The van der Waals surface area contributed by atoms with Crippen molar-refractivity contribution >= 4 is 17.2 Å². The molecule has 0 bridgehead atoms. The number of aliphatic hydroxyl groups is 1. The van der Waals surface area contributed by atoms with Crippen molar-refractivity contribution in [1.29, 1.82) is 5.26 Å². The summed E-state index contributed by atoms with van der Waals surface area (Å²) in [7, 11) is 0. The maximum Gasteiger partial charge on any atom is 0.264 e. The highest BCUT2D eigenvalue weighted by atomic mass is 32.1. The Labute approximate surface area is 169 Å². The van der Waals surface area contributed by atoms with Crippen LogP contribution in [0.2, 0.25) is 0 Å². The number of carbonyl (C=O) groups excluding carboxylic acids is 1. The Balaban J connectivity index is 1.39. The number of ether oxygens (including phenoxy) is 1. The minimum absolute atomic E-state index is 0.0986. The standard InChI is InChI=1S/C21H25N3O3S/c1-16-2-7-20(28-16)21(26)24-12-10-23(11-13-24)14-18(25)15-27-19-5-3-17(4-6-19)8-9-22/h2-7,18,25H,8,10-15H2,1H3/t18-/m1/s1. The van der Waals surface area contributed by atoms with Crippen molar-refractivity contribution < 1.29 is 14.6 Å². The number of rotatable bonds is 7. The predicted octanol–water partition coefficient (Wildman–Crippen LogP) is 2.32. The molecule has 3 rings (SSSR count). The first-order valence-corrected chi connectivity index (χ1v) is 10.2. The monoisotopic (exact) mass is 399 g/mol. The van der Waals surface area contributed by atoms with Gasteiger partial charge in [0, 0.05) is 37.6 Å². The molecule has 1 atom stereocenters. The maximum atomic E-state index is 12.5. The summed E-state index contributed by atoms with van der Waals surface area (Å²) in [5.74, 6) is 0.781. The summed E-state index contributed by atoms with van der Waals surface area (Å²) in [4.78, 5) is 18.5. The molecule has 0 unspecified atom stereocenters. The molecule has 2 aromatic rings. The molecule has 0 saturated carbocycles. The molecule has 0 spiro atoms. The van der Waals surface area contributed by atoms with E-state index in [1.165, 1.54) is 11.3 Å². The van der Waals surface area contributed by atoms with Gasteiger partial charge in [-0.15, -0.1) is 11.3 Å². The highest BCUT2D eigenvalue weighted by Gasteiger charge is 2.24. The van der Waals surface area contributed by atoms with Crippen molar-refractivity contribution in [3.63, 3.8) is 0 Å². The van der Waals surface area contributed by atoms with E-state index in [9.17, 15) is 9.90 Å². The number of nitriles is 1. The molecular weight excluding hydrogens is 374 g/mol. The van der Waals surface area contributed by atoms with Crippen LogP contribution in [0.25, 0.3) is 0 Å². The van der Waals surface area contributed by atoms with Gasteiger partial charge in [-0.3, -0.25) is 9.69 Å². The Morgan fingerprint density at radius 3 is 2.54 bits per heavy atom. The number of aryl methyl sites for hydroxylation is 1. The molecule has 1 saturated heterocycles. The van der Waals surface area contributed by atoms with Crippen LogP contribution in [-0.4, -0.2) is 66.2 Å². The van der Waals surface area contributed by atoms with Gasteiger partial charge in [-0.05, 0) is 36.8 Å². The fraction of sp³-hybridized carbons (Fsp3) is 0.429. The number of β-amino-alcohol motifs (C(OH)–C–C–N with tert-alkyl or cyclic N) is 1. The van der Waals surface area contributed by atoms with Crippen LogP contribution in [0.3, 0.4) is 0 Å². The Bertz CT molecular complexity index is 820. The number of piperazine rings is 1. The van der Waals surface area contributed by atoms with Gasteiger partial charge in [0.2, 0.25) is 0 Å². The van der Waals surface area contributed by atoms with Gasteiger partial charge in [-0.2, -0.15) is 5.26 Å². The second kappa shape index (κ2) is 9.69. The molecule has 1 aromatic carbocycles. The molecule has 6 nitrogen and oxygen atoms in total. The van der Waals surface area contributed by atoms with Gasteiger partial charge in [0.25, 0.3) is 5.91 Å². The highest BCUT2D eigenvalue weighted by Crippen LogP contribution is 2.18. The van der Waals surface area contributed by atoms with E-state index in [4.69, 9.17) is 10.00 Å². The van der Waals surface area contributed by atoms with Crippen molar-refractivity contribution in [2.24, 2.45) is 0 Å². The number of carbonyl (C=O) groups is 1. The minimum atomic E-state index is -0.596. The molecule has 1 aliphatic heterocycles. The lowest BCUT2D eigenvalue weighted by Gasteiger charge is -2.35. The average molecular weight is 400 g/mol. The number of amides is 1. The van der Waals surface area contributed by atoms with Crippen LogP contribution in [0.5, 0.6) is 5.75 Å². The van der Waals surface area contributed by atoms with Gasteiger partial charge in [-0.1, -0.05) is 12.1 Å². The Morgan fingerprint density at radius 2 is 1.93 bits per heavy atom. The smallest absolute Gasteiger partial charge is 0.264 e. The van der Waals surface area contributed by atoms with Gasteiger partial charge in [0.05, 0.1) is 17.4 Å². The van der Waals surface area contributed by atoms with Crippen molar-refractivity contribution in [2.45, 2.75) is 19.4 Å². The van der Waals surface area contributed by atoms with Crippen molar-refractivity contribution in [2.75, 3.05) is 39.3 Å². The fourth-order valence-electron chi connectivity index (χ4n) is 3.18. The van der Waals surface area contributed by atoms with Gasteiger partial charge < -0.3 is 14.7 Å². The zero-order valence-electron chi connectivity index (χ0n) is 16.0. The third-order valence-corrected chi connectivity index (χ3v) is 5.72. The SMILES string of the molecule is Cc1ccc(C(=O)N2CCN(C[C@@H](O)COc3ccc(CC#N)cc3)CC2)s1. The molecule has 7 heteroatoms. The molecule has 1 aromatic heterocycles. The number of benzene rings is 1. The molecule has 28 heavy (non-hydrogen) atoms. The van der Waals surface area contributed by atoms with E-state index >= 15 is 0 Å². The summed E-state index contributed by atoms with van der Waals surface area (Å²) < 4.78 is 5.64. The Kier molecular flexibility index (Phi) is 7.04. The molecule has 1 amide bonds. The van der Waals surface area contributed by atoms with Crippen LogP contribution in [0, 0.1) is 18.3 Å². The molecule has 148 valence electrons. The lowest BCUT2D eigenvalue weighted by atomic mass is 10.2. The summed E-state index contributed by atoms with van der Waals surface area (Å²) in [6, 6.07) is 13.3. The minimum Gasteiger partial charge on any atom is -0.491 e. The highest BCUT2D eigenvalue weighted by molar-refractivity contribution is 7.13. The molecule has 0 radical (unpaired) electrons. The van der Waals surface area contributed by atoms with Crippen molar-refractivity contribution in [3.05, 3.63) is 51.7 Å². The van der Waals surface area contributed by atoms with Crippen LogP contribution in [0.1, 0.15) is 20.1 Å². The maximum absolute atomic E-state index is 12.5. The van der Waals surface area contributed by atoms with E-state index in [1.54, 1.807) is 0 Å². The third-order valence-electron chi connectivity index (χ3n) is 4.73. The first-order chi connectivity index (χ1) is 13.5. The van der Waals surface area contributed by atoms with E-state index in [0.717, 1.165) is 28.4 Å². The van der Waals surface area contributed by atoms with Crippen LogP contribution >= 0.6 is 11.3 Å². The Morgan fingerprint density at radius 1 is 1.21 bits per heavy atom. The Hall–Kier alpha value is -2.40. The summed E-state index contributed by atoms with van der Waals surface area (Å²) in [6.07, 6.45) is -0.218. The van der Waals surface area contributed by atoms with E-state index in [0.29, 0.717) is 31.8 Å². The molecule has 1 fully saturated rings. The molecule has 0 aliphatic carbocycles. The topological polar surface area (TPSA) is 76.8 Å². The summed E-state index contributed by atoms with van der Waals surface area (Å²) >= 11 is 1.53. The average Bonchev–Trinajstić information content (AvgIpc) is 3.14. The van der Waals surface area contributed by atoms with E-state index < -0.39 is 6.10 Å². The third kappa shape index (κ3) is 5.55. The van der Waals surface area contributed by atoms with Crippen LogP contribution in [0.15, 0.2) is 36.4 Å². The normalized spacial score (nSPS) is 15.8. The van der Waals surface area contributed by atoms with Crippen LogP contribution < -0.4 is 4.74 Å². The first kappa shape index (κ1) is 20.3. The van der Waals surface area contributed by atoms with E-state index in [2.05, 4.69) is 11.0 Å². The first-order valence-electron chi connectivity index (χ1n) is 9.40. The summed E-state index contributed by atoms with van der Waals surface area (Å²) in [5.41, 5.74) is 0.945. The quantitative estimate of drug-likeness (QED) is 0.773. The fourth-order valence-corrected chi connectivity index (χ4v) is 4.01. The van der Waals surface area contributed by atoms with Gasteiger partial charge in [0.15, 0.2) is 0 Å². The zero-order valence-corrected chi connectivity index (χ0v) is 16.8. The van der Waals surface area contributed by atoms with E-state index in [1.807, 2.05) is 48.2 Å². The van der Waals surface area contributed by atoms with Gasteiger partial charge in [0.1, 0.15) is 18.5 Å². The lowest BCUT2D eigenvalue weighted by Crippen LogP contribution is -2.50. The molecule has 1 N–H and O–H groups in total. The molecule has 2 heterocycles.